The molecule has 0 aromatic heterocycles. The van der Waals surface area contributed by atoms with Gasteiger partial charge in [0.15, 0.2) is 0 Å². The molecule has 8 heteroatoms. The Morgan fingerprint density at radius 1 is 0.853 bits per heavy atom. The molecule has 0 radical (unpaired) electrons. The molecule has 0 atom stereocenters. The van der Waals surface area contributed by atoms with Crippen LogP contribution in [0.2, 0.25) is 0 Å². The molecule has 2 aliphatic heterocycles. The third kappa shape index (κ3) is 6.21. The van der Waals surface area contributed by atoms with E-state index in [9.17, 15) is 14.4 Å². The van der Waals surface area contributed by atoms with Crippen LogP contribution in [0.25, 0.3) is 0 Å². The Morgan fingerprint density at radius 3 is 2.24 bits per heavy atom. The second-order valence-electron chi connectivity index (χ2n) is 10.9. The van der Waals surface area contributed by atoms with Crippen LogP contribution in [0.1, 0.15) is 69.7 Å². The summed E-state index contributed by atoms with van der Waals surface area (Å²) in [6, 6.07) is 5.67. The van der Waals surface area contributed by atoms with Crippen LogP contribution >= 0.6 is 0 Å². The van der Waals surface area contributed by atoms with E-state index in [0.29, 0.717) is 30.9 Å². The zero-order chi connectivity index (χ0) is 24.3. The van der Waals surface area contributed by atoms with Crippen molar-refractivity contribution in [1.29, 1.82) is 0 Å². The Hall–Kier alpha value is -2.77. The van der Waals surface area contributed by atoms with E-state index in [1.807, 2.05) is 48.8 Å². The van der Waals surface area contributed by atoms with Crippen LogP contribution in [-0.2, 0) is 4.79 Å². The van der Waals surface area contributed by atoms with E-state index in [4.69, 9.17) is 0 Å². The van der Waals surface area contributed by atoms with Crippen LogP contribution in [0, 0.1) is 5.92 Å². The molecule has 4 rings (SSSR count). The predicted molar refractivity (Wildman–Crippen MR) is 134 cm³/mol. The number of rotatable bonds is 4. The minimum Gasteiger partial charge on any atom is -0.369 e. The van der Waals surface area contributed by atoms with Crippen molar-refractivity contribution in [2.75, 3.05) is 49.5 Å². The maximum absolute atomic E-state index is 13.6. The fourth-order valence-corrected chi connectivity index (χ4v) is 4.68. The number of nitrogens with zero attached hydrogens (tertiary/aromatic N) is 3. The molecule has 0 bridgehead atoms. The van der Waals surface area contributed by atoms with Gasteiger partial charge in [-0.1, -0.05) is 0 Å². The number of hydrogen-bond acceptors (Lipinski definition) is 4. The normalized spacial score (nSPS) is 19.4. The Kier molecular flexibility index (Phi) is 7.33. The average Bonchev–Trinajstić information content (AvgIpc) is 3.65. The van der Waals surface area contributed by atoms with E-state index in [1.54, 1.807) is 0 Å². The number of carbonyl (C=O) groups is 3. The van der Waals surface area contributed by atoms with Crippen molar-refractivity contribution in [2.45, 2.75) is 64.8 Å². The number of carbonyl (C=O) groups excluding carboxylic acids is 3. The van der Waals surface area contributed by atoms with Gasteiger partial charge >= 0.3 is 6.03 Å². The quantitative estimate of drug-likeness (QED) is 0.705. The summed E-state index contributed by atoms with van der Waals surface area (Å²) in [5.41, 5.74) is 1.93. The molecule has 1 aromatic carbocycles. The minimum atomic E-state index is -0.280. The summed E-state index contributed by atoms with van der Waals surface area (Å²) in [6.07, 6.45) is 5.93. The van der Waals surface area contributed by atoms with Crippen molar-refractivity contribution in [2.24, 2.45) is 5.92 Å². The number of amides is 4. The molecule has 3 fully saturated rings. The lowest BCUT2D eigenvalue weighted by Crippen LogP contribution is -2.49. The Balaban J connectivity index is 1.53. The van der Waals surface area contributed by atoms with Gasteiger partial charge in [0.1, 0.15) is 0 Å². The van der Waals surface area contributed by atoms with Crippen molar-refractivity contribution < 1.29 is 14.4 Å². The van der Waals surface area contributed by atoms with Gasteiger partial charge in [-0.15, -0.1) is 0 Å². The molecule has 2 N–H and O–H groups in total. The van der Waals surface area contributed by atoms with Crippen LogP contribution in [0.5, 0.6) is 0 Å². The minimum absolute atomic E-state index is 0.0313. The predicted octanol–water partition coefficient (Wildman–Crippen LogP) is 3.68. The first kappa shape index (κ1) is 24.4. The summed E-state index contributed by atoms with van der Waals surface area (Å²) < 4.78 is 0. The number of nitrogens with one attached hydrogen (secondary N) is 2. The SMILES string of the molecule is CC(C)(C)NC(=O)N1CCCN(c2ccc(NC(=O)C3CC3)cc2C(=O)N2CCCCC2)CC1. The molecule has 1 aromatic rings. The Bertz CT molecular complexity index is 916. The van der Waals surface area contributed by atoms with E-state index in [0.717, 1.165) is 63.8 Å². The molecule has 2 heterocycles. The summed E-state index contributed by atoms with van der Waals surface area (Å²) in [6.45, 7) is 10.2. The highest BCUT2D eigenvalue weighted by atomic mass is 16.2. The van der Waals surface area contributed by atoms with Crippen LogP contribution in [0.15, 0.2) is 18.2 Å². The standard InChI is InChI=1S/C26H39N5O3/c1-26(2,3)28-25(34)31-15-7-14-29(16-17-31)22-11-10-20(27-23(32)19-8-9-19)18-21(22)24(33)30-12-5-4-6-13-30/h10-11,18-19H,4-9,12-17H2,1-3H3,(H,27,32)(H,28,34). The number of piperidine rings is 1. The summed E-state index contributed by atoms with van der Waals surface area (Å²) in [5.74, 6) is 0.181. The number of benzene rings is 1. The third-order valence-corrected chi connectivity index (χ3v) is 6.69. The van der Waals surface area contributed by atoms with E-state index < -0.39 is 0 Å². The summed E-state index contributed by atoms with van der Waals surface area (Å²) in [7, 11) is 0. The monoisotopic (exact) mass is 469 g/mol. The van der Waals surface area contributed by atoms with Gasteiger partial charge < -0.3 is 25.3 Å². The molecular formula is C26H39N5O3. The van der Waals surface area contributed by atoms with E-state index in [-0.39, 0.29) is 29.3 Å². The van der Waals surface area contributed by atoms with Crippen molar-refractivity contribution in [3.8, 4) is 0 Å². The molecule has 0 spiro atoms. The number of anilines is 2. The van der Waals surface area contributed by atoms with Crippen LogP contribution in [0.3, 0.4) is 0 Å². The lowest BCUT2D eigenvalue weighted by atomic mass is 10.1. The first-order valence-corrected chi connectivity index (χ1v) is 12.8. The highest BCUT2D eigenvalue weighted by Crippen LogP contribution is 2.32. The van der Waals surface area contributed by atoms with E-state index in [1.165, 1.54) is 0 Å². The summed E-state index contributed by atoms with van der Waals surface area (Å²) >= 11 is 0. The zero-order valence-electron chi connectivity index (χ0n) is 20.9. The fourth-order valence-electron chi connectivity index (χ4n) is 4.68. The maximum atomic E-state index is 13.6. The van der Waals surface area contributed by atoms with Crippen molar-refractivity contribution in [3.63, 3.8) is 0 Å². The lowest BCUT2D eigenvalue weighted by Gasteiger charge is -2.31. The van der Waals surface area contributed by atoms with Gasteiger partial charge in [0, 0.05) is 62.1 Å². The number of hydrogen-bond donors (Lipinski definition) is 2. The molecular weight excluding hydrogens is 430 g/mol. The molecule has 4 amide bonds. The second kappa shape index (κ2) is 10.2. The first-order valence-electron chi connectivity index (χ1n) is 12.8. The summed E-state index contributed by atoms with van der Waals surface area (Å²) in [5, 5.41) is 6.05. The highest BCUT2D eigenvalue weighted by molar-refractivity contribution is 6.02. The lowest BCUT2D eigenvalue weighted by molar-refractivity contribution is -0.117. The van der Waals surface area contributed by atoms with Gasteiger partial charge in [0.25, 0.3) is 5.91 Å². The smallest absolute Gasteiger partial charge is 0.317 e. The molecule has 1 saturated carbocycles. The third-order valence-electron chi connectivity index (χ3n) is 6.69. The average molecular weight is 470 g/mol. The van der Waals surface area contributed by atoms with Gasteiger partial charge in [-0.2, -0.15) is 0 Å². The second-order valence-corrected chi connectivity index (χ2v) is 10.9. The molecule has 186 valence electrons. The van der Waals surface area contributed by atoms with E-state index >= 15 is 0 Å². The zero-order valence-corrected chi connectivity index (χ0v) is 20.9. The van der Waals surface area contributed by atoms with Crippen LogP contribution in [-0.4, -0.2) is 72.5 Å². The molecule has 34 heavy (non-hydrogen) atoms. The molecule has 1 aliphatic carbocycles. The maximum Gasteiger partial charge on any atom is 0.317 e. The number of urea groups is 1. The van der Waals surface area contributed by atoms with Gasteiger partial charge in [0.05, 0.1) is 5.56 Å². The molecule has 0 unspecified atom stereocenters. The fraction of sp³-hybridized carbons (Fsp3) is 0.654. The first-order chi connectivity index (χ1) is 16.2. The largest absolute Gasteiger partial charge is 0.369 e. The van der Waals surface area contributed by atoms with Gasteiger partial charge in [-0.05, 0) is 77.5 Å². The summed E-state index contributed by atoms with van der Waals surface area (Å²) in [4.78, 5) is 44.6. The molecule has 2 saturated heterocycles. The number of likely N-dealkylation sites (tertiary alicyclic amines) is 1. The van der Waals surface area contributed by atoms with Gasteiger partial charge in [0.2, 0.25) is 5.91 Å². The van der Waals surface area contributed by atoms with Gasteiger partial charge in [-0.25, -0.2) is 4.79 Å². The van der Waals surface area contributed by atoms with Crippen LogP contribution in [0.4, 0.5) is 16.2 Å². The van der Waals surface area contributed by atoms with Crippen molar-refractivity contribution >= 4 is 29.2 Å². The van der Waals surface area contributed by atoms with E-state index in [2.05, 4.69) is 15.5 Å². The topological polar surface area (TPSA) is 85.0 Å². The molecule has 8 nitrogen and oxygen atoms in total. The highest BCUT2D eigenvalue weighted by Gasteiger charge is 2.31. The Morgan fingerprint density at radius 2 is 1.56 bits per heavy atom. The van der Waals surface area contributed by atoms with Gasteiger partial charge in [-0.3, -0.25) is 9.59 Å². The van der Waals surface area contributed by atoms with Crippen molar-refractivity contribution in [3.05, 3.63) is 23.8 Å². The van der Waals surface area contributed by atoms with Crippen molar-refractivity contribution in [1.82, 2.24) is 15.1 Å². The van der Waals surface area contributed by atoms with Crippen LogP contribution < -0.4 is 15.5 Å². The Labute approximate surface area is 203 Å². The molecule has 3 aliphatic rings.